The molecule has 2 rings (SSSR count). The van der Waals surface area contributed by atoms with Crippen molar-refractivity contribution in [1.29, 1.82) is 0 Å². The van der Waals surface area contributed by atoms with Gasteiger partial charge in [0.15, 0.2) is 0 Å². The van der Waals surface area contributed by atoms with Gasteiger partial charge >= 0.3 is 0 Å². The van der Waals surface area contributed by atoms with Gasteiger partial charge in [-0.2, -0.15) is 5.10 Å². The van der Waals surface area contributed by atoms with Crippen LogP contribution in [0.15, 0.2) is 30.6 Å². The van der Waals surface area contributed by atoms with E-state index in [1.165, 1.54) is 12.1 Å². The minimum absolute atomic E-state index is 0.117. The Balaban J connectivity index is 2.07. The summed E-state index contributed by atoms with van der Waals surface area (Å²) < 4.78 is 14.8. The van der Waals surface area contributed by atoms with Crippen molar-refractivity contribution < 1.29 is 4.39 Å². The molecule has 19 heavy (non-hydrogen) atoms. The van der Waals surface area contributed by atoms with Gasteiger partial charge in [0, 0.05) is 24.3 Å². The molecule has 1 aromatic carbocycles. The molecule has 0 aliphatic heterocycles. The van der Waals surface area contributed by atoms with Crippen LogP contribution in [0, 0.1) is 5.82 Å². The minimum atomic E-state index is -0.350. The molecule has 0 saturated carbocycles. The van der Waals surface area contributed by atoms with Gasteiger partial charge in [0.05, 0.1) is 6.20 Å². The Labute approximate surface area is 116 Å². The molecule has 0 radical (unpaired) electrons. The highest BCUT2D eigenvalue weighted by Gasteiger charge is 2.14. The largest absolute Gasteiger partial charge is 0.276 e. The van der Waals surface area contributed by atoms with Crippen LogP contribution < -0.4 is 11.3 Å². The third kappa shape index (κ3) is 3.53. The normalized spacial score (nSPS) is 12.6. The van der Waals surface area contributed by atoms with Crippen LogP contribution in [0.25, 0.3) is 0 Å². The number of rotatable bonds is 5. The van der Waals surface area contributed by atoms with E-state index in [1.807, 2.05) is 19.4 Å². The second-order valence-corrected chi connectivity index (χ2v) is 4.85. The molecule has 0 saturated heterocycles. The van der Waals surface area contributed by atoms with Crippen LogP contribution >= 0.6 is 11.6 Å². The fourth-order valence-corrected chi connectivity index (χ4v) is 2.32. The van der Waals surface area contributed by atoms with E-state index < -0.39 is 0 Å². The molecule has 0 aliphatic carbocycles. The van der Waals surface area contributed by atoms with E-state index in [4.69, 9.17) is 17.4 Å². The zero-order chi connectivity index (χ0) is 13.8. The number of nitrogens with one attached hydrogen (secondary N) is 1. The quantitative estimate of drug-likeness (QED) is 0.654. The van der Waals surface area contributed by atoms with Crippen molar-refractivity contribution in [2.75, 3.05) is 0 Å². The molecule has 0 spiro atoms. The van der Waals surface area contributed by atoms with Crippen LogP contribution in [0.5, 0.6) is 0 Å². The summed E-state index contributed by atoms with van der Waals surface area (Å²) in [6.07, 6.45) is 5.35. The maximum absolute atomic E-state index is 13.0. The maximum atomic E-state index is 13.0. The first kappa shape index (κ1) is 14.0. The Morgan fingerprint density at radius 2 is 2.32 bits per heavy atom. The minimum Gasteiger partial charge on any atom is -0.276 e. The first-order valence-corrected chi connectivity index (χ1v) is 6.36. The zero-order valence-corrected chi connectivity index (χ0v) is 11.4. The van der Waals surface area contributed by atoms with Gasteiger partial charge in [-0.1, -0.05) is 17.7 Å². The molecular formula is C13H16ClFN4. The Morgan fingerprint density at radius 3 is 2.89 bits per heavy atom. The molecule has 0 fully saturated rings. The molecular weight excluding hydrogens is 267 g/mol. The topological polar surface area (TPSA) is 55.9 Å². The summed E-state index contributed by atoms with van der Waals surface area (Å²) in [5.74, 6) is 5.21. The first-order chi connectivity index (χ1) is 9.10. The summed E-state index contributed by atoms with van der Waals surface area (Å²) >= 11 is 6.04. The summed E-state index contributed by atoms with van der Waals surface area (Å²) in [5, 5.41) is 4.50. The average Bonchev–Trinajstić information content (AvgIpc) is 2.78. The number of nitrogens with two attached hydrogens (primary N) is 1. The SMILES string of the molecule is Cn1cc(CCC(NN)c2ccc(F)cc2Cl)cn1. The summed E-state index contributed by atoms with van der Waals surface area (Å²) in [6, 6.07) is 4.22. The maximum Gasteiger partial charge on any atom is 0.124 e. The number of nitrogens with zero attached hydrogens (tertiary/aromatic N) is 2. The number of aryl methyl sites for hydroxylation is 2. The van der Waals surface area contributed by atoms with Gasteiger partial charge in [-0.25, -0.2) is 4.39 Å². The fourth-order valence-electron chi connectivity index (χ4n) is 2.02. The number of halogens is 2. The lowest BCUT2D eigenvalue weighted by Gasteiger charge is -2.17. The van der Waals surface area contributed by atoms with Crippen molar-refractivity contribution in [2.45, 2.75) is 18.9 Å². The molecule has 0 aliphatic rings. The van der Waals surface area contributed by atoms with E-state index in [-0.39, 0.29) is 11.9 Å². The highest BCUT2D eigenvalue weighted by molar-refractivity contribution is 6.31. The highest BCUT2D eigenvalue weighted by atomic mass is 35.5. The third-order valence-corrected chi connectivity index (χ3v) is 3.35. The van der Waals surface area contributed by atoms with E-state index >= 15 is 0 Å². The average molecular weight is 283 g/mol. The van der Waals surface area contributed by atoms with Gasteiger partial charge < -0.3 is 0 Å². The lowest BCUT2D eigenvalue weighted by Crippen LogP contribution is -2.28. The smallest absolute Gasteiger partial charge is 0.124 e. The van der Waals surface area contributed by atoms with Crippen molar-refractivity contribution in [3.63, 3.8) is 0 Å². The molecule has 0 bridgehead atoms. The molecule has 2 aromatic rings. The first-order valence-electron chi connectivity index (χ1n) is 5.98. The lowest BCUT2D eigenvalue weighted by molar-refractivity contribution is 0.515. The molecule has 1 heterocycles. The van der Waals surface area contributed by atoms with E-state index in [0.29, 0.717) is 5.02 Å². The third-order valence-electron chi connectivity index (χ3n) is 3.02. The zero-order valence-electron chi connectivity index (χ0n) is 10.6. The van der Waals surface area contributed by atoms with Gasteiger partial charge in [-0.3, -0.25) is 16.0 Å². The van der Waals surface area contributed by atoms with Crippen LogP contribution in [-0.2, 0) is 13.5 Å². The Morgan fingerprint density at radius 1 is 1.53 bits per heavy atom. The van der Waals surface area contributed by atoms with Crippen LogP contribution in [0.4, 0.5) is 4.39 Å². The molecule has 1 aromatic heterocycles. The van der Waals surface area contributed by atoms with Gasteiger partial charge in [-0.05, 0) is 36.1 Å². The molecule has 102 valence electrons. The van der Waals surface area contributed by atoms with Gasteiger partial charge in [0.1, 0.15) is 5.82 Å². The summed E-state index contributed by atoms with van der Waals surface area (Å²) in [7, 11) is 1.87. The summed E-state index contributed by atoms with van der Waals surface area (Å²) in [4.78, 5) is 0. The molecule has 6 heteroatoms. The van der Waals surface area contributed by atoms with Gasteiger partial charge in [-0.15, -0.1) is 0 Å². The molecule has 1 unspecified atom stereocenters. The van der Waals surface area contributed by atoms with Crippen molar-refractivity contribution in [1.82, 2.24) is 15.2 Å². The van der Waals surface area contributed by atoms with Crippen LogP contribution in [0.2, 0.25) is 5.02 Å². The molecule has 4 nitrogen and oxygen atoms in total. The van der Waals surface area contributed by atoms with E-state index in [9.17, 15) is 4.39 Å². The predicted molar refractivity (Wildman–Crippen MR) is 73.0 cm³/mol. The van der Waals surface area contributed by atoms with Crippen LogP contribution in [0.1, 0.15) is 23.6 Å². The highest BCUT2D eigenvalue weighted by Crippen LogP contribution is 2.26. The number of hydrogen-bond acceptors (Lipinski definition) is 3. The Kier molecular flexibility index (Phi) is 4.52. The summed E-state index contributed by atoms with van der Waals surface area (Å²) in [6.45, 7) is 0. The second-order valence-electron chi connectivity index (χ2n) is 4.45. The van der Waals surface area contributed by atoms with Crippen LogP contribution in [0.3, 0.4) is 0 Å². The molecule has 0 amide bonds. The Bertz CT molecular complexity index is 555. The molecule has 1 atom stereocenters. The van der Waals surface area contributed by atoms with Crippen LogP contribution in [-0.4, -0.2) is 9.78 Å². The lowest BCUT2D eigenvalue weighted by atomic mass is 10.0. The predicted octanol–water partition coefficient (Wildman–Crippen LogP) is 2.35. The standard InChI is InChI=1S/C13H16ClFN4/c1-19-8-9(7-17-19)2-5-13(18-16)11-4-3-10(15)6-12(11)14/h3-4,6-8,13,18H,2,5,16H2,1H3. The van der Waals surface area contributed by atoms with E-state index in [0.717, 1.165) is 24.0 Å². The number of aromatic nitrogens is 2. The van der Waals surface area contributed by atoms with Gasteiger partial charge in [0.2, 0.25) is 0 Å². The van der Waals surface area contributed by atoms with Crippen molar-refractivity contribution in [3.8, 4) is 0 Å². The summed E-state index contributed by atoms with van der Waals surface area (Å²) in [5.41, 5.74) is 4.65. The monoisotopic (exact) mass is 282 g/mol. The van der Waals surface area contributed by atoms with Crippen molar-refractivity contribution in [2.24, 2.45) is 12.9 Å². The Hall–Kier alpha value is -1.43. The molecule has 3 N–H and O–H groups in total. The number of hydrazine groups is 1. The van der Waals surface area contributed by atoms with Crippen molar-refractivity contribution >= 4 is 11.6 Å². The second kappa shape index (κ2) is 6.14. The van der Waals surface area contributed by atoms with E-state index in [2.05, 4.69) is 10.5 Å². The fraction of sp³-hybridized carbons (Fsp3) is 0.308. The number of hydrogen-bond donors (Lipinski definition) is 2. The van der Waals surface area contributed by atoms with Gasteiger partial charge in [0.25, 0.3) is 0 Å². The van der Waals surface area contributed by atoms with Crippen molar-refractivity contribution in [3.05, 3.63) is 52.6 Å². The van der Waals surface area contributed by atoms with E-state index in [1.54, 1.807) is 10.7 Å². The number of benzene rings is 1.